The van der Waals surface area contributed by atoms with Crippen LogP contribution < -0.4 is 4.74 Å². The molecule has 1 atom stereocenters. The largest absolute Gasteiger partial charge is 0.490 e. The fourth-order valence-corrected chi connectivity index (χ4v) is 2.96. The van der Waals surface area contributed by atoms with Gasteiger partial charge < -0.3 is 4.74 Å². The average molecular weight is 295 g/mol. The van der Waals surface area contributed by atoms with E-state index < -0.39 is 9.05 Å². The van der Waals surface area contributed by atoms with Gasteiger partial charge in [0.2, 0.25) is 9.05 Å². The van der Waals surface area contributed by atoms with Crippen LogP contribution in [-0.4, -0.2) is 30.6 Å². The summed E-state index contributed by atoms with van der Waals surface area (Å²) in [4.78, 5) is 0. The topological polar surface area (TPSA) is 61.2 Å². The van der Waals surface area contributed by atoms with E-state index in [1.54, 1.807) is 17.1 Å². The molecule has 1 heterocycles. The fraction of sp³-hybridized carbons (Fsp3) is 0.727. The van der Waals surface area contributed by atoms with Crippen LogP contribution in [0.1, 0.15) is 20.8 Å². The molecule has 1 aromatic heterocycles. The van der Waals surface area contributed by atoms with E-state index in [1.165, 1.54) is 0 Å². The van der Waals surface area contributed by atoms with Crippen molar-refractivity contribution >= 4 is 19.7 Å². The van der Waals surface area contributed by atoms with Crippen LogP contribution in [0.3, 0.4) is 0 Å². The monoisotopic (exact) mass is 294 g/mol. The Balaban J connectivity index is 2.57. The van der Waals surface area contributed by atoms with E-state index in [0.29, 0.717) is 12.4 Å². The number of aromatic nitrogens is 2. The van der Waals surface area contributed by atoms with Gasteiger partial charge in [0.05, 0.1) is 24.8 Å². The second-order valence-electron chi connectivity index (χ2n) is 4.55. The third kappa shape index (κ3) is 5.27. The Morgan fingerprint density at radius 1 is 1.50 bits per heavy atom. The van der Waals surface area contributed by atoms with Crippen LogP contribution >= 0.6 is 10.7 Å². The summed E-state index contributed by atoms with van der Waals surface area (Å²) >= 11 is 0. The maximum Gasteiger partial charge on any atom is 0.233 e. The molecule has 104 valence electrons. The SMILES string of the molecule is CCn1cc(OCC(CS(=O)(=O)Cl)C(C)C)cn1. The van der Waals surface area contributed by atoms with Gasteiger partial charge in [0.1, 0.15) is 0 Å². The second kappa shape index (κ2) is 6.43. The highest BCUT2D eigenvalue weighted by Gasteiger charge is 2.21. The van der Waals surface area contributed by atoms with E-state index in [-0.39, 0.29) is 17.6 Å². The Labute approximate surface area is 113 Å². The van der Waals surface area contributed by atoms with Crippen molar-refractivity contribution in [3.8, 4) is 5.75 Å². The van der Waals surface area contributed by atoms with E-state index in [1.807, 2.05) is 20.8 Å². The van der Waals surface area contributed by atoms with Gasteiger partial charge in [-0.3, -0.25) is 4.68 Å². The molecule has 1 aromatic rings. The minimum Gasteiger partial charge on any atom is -0.490 e. The Kier molecular flexibility index (Phi) is 5.47. The highest BCUT2D eigenvalue weighted by molar-refractivity contribution is 8.13. The Bertz CT molecular complexity index is 470. The number of hydrogen-bond acceptors (Lipinski definition) is 4. The van der Waals surface area contributed by atoms with Gasteiger partial charge in [0.25, 0.3) is 0 Å². The van der Waals surface area contributed by atoms with Crippen molar-refractivity contribution in [2.75, 3.05) is 12.4 Å². The summed E-state index contributed by atoms with van der Waals surface area (Å²) in [5.74, 6) is 0.625. The van der Waals surface area contributed by atoms with Crippen LogP contribution in [0.4, 0.5) is 0 Å². The zero-order chi connectivity index (χ0) is 13.8. The van der Waals surface area contributed by atoms with Crippen molar-refractivity contribution in [3.05, 3.63) is 12.4 Å². The number of rotatable bonds is 7. The molecule has 0 aliphatic rings. The Hall–Kier alpha value is -0.750. The van der Waals surface area contributed by atoms with Crippen molar-refractivity contribution < 1.29 is 13.2 Å². The molecule has 0 radical (unpaired) electrons. The maximum atomic E-state index is 11.1. The number of ether oxygens (including phenoxy) is 1. The van der Waals surface area contributed by atoms with Crippen LogP contribution in [0.2, 0.25) is 0 Å². The molecule has 0 aliphatic heterocycles. The summed E-state index contributed by atoms with van der Waals surface area (Å²) in [5, 5.41) is 4.08. The normalized spacial score (nSPS) is 13.8. The molecule has 0 saturated heterocycles. The van der Waals surface area contributed by atoms with Crippen molar-refractivity contribution in [1.82, 2.24) is 9.78 Å². The molecule has 0 fully saturated rings. The third-order valence-electron chi connectivity index (χ3n) is 2.75. The summed E-state index contributed by atoms with van der Waals surface area (Å²) in [5.41, 5.74) is 0. The molecule has 7 heteroatoms. The van der Waals surface area contributed by atoms with Crippen LogP contribution in [0.25, 0.3) is 0 Å². The van der Waals surface area contributed by atoms with Crippen LogP contribution in [0, 0.1) is 11.8 Å². The van der Waals surface area contributed by atoms with E-state index in [4.69, 9.17) is 15.4 Å². The molecular weight excluding hydrogens is 276 g/mol. The summed E-state index contributed by atoms with van der Waals surface area (Å²) in [7, 11) is 1.78. The van der Waals surface area contributed by atoms with Gasteiger partial charge in [0.15, 0.2) is 5.75 Å². The van der Waals surface area contributed by atoms with Crippen molar-refractivity contribution in [2.45, 2.75) is 27.3 Å². The molecule has 0 aliphatic carbocycles. The molecular formula is C11H19ClN2O3S. The van der Waals surface area contributed by atoms with Gasteiger partial charge in [-0.15, -0.1) is 0 Å². The van der Waals surface area contributed by atoms with Crippen molar-refractivity contribution in [3.63, 3.8) is 0 Å². The molecule has 1 unspecified atom stereocenters. The third-order valence-corrected chi connectivity index (χ3v) is 3.96. The first-order valence-corrected chi connectivity index (χ1v) is 8.37. The van der Waals surface area contributed by atoms with E-state index in [0.717, 1.165) is 6.54 Å². The first kappa shape index (κ1) is 15.3. The summed E-state index contributed by atoms with van der Waals surface area (Å²) in [6.07, 6.45) is 3.41. The van der Waals surface area contributed by atoms with Gasteiger partial charge >= 0.3 is 0 Å². The molecule has 0 bridgehead atoms. The standard InChI is InChI=1S/C11H19ClN2O3S/c1-4-14-6-11(5-13-14)17-7-10(9(2)3)8-18(12,15)16/h5-6,9-10H,4,7-8H2,1-3H3. The quantitative estimate of drug-likeness (QED) is 0.723. The van der Waals surface area contributed by atoms with Crippen molar-refractivity contribution in [1.29, 1.82) is 0 Å². The van der Waals surface area contributed by atoms with Gasteiger partial charge in [0, 0.05) is 23.1 Å². The average Bonchev–Trinajstić information content (AvgIpc) is 2.70. The lowest BCUT2D eigenvalue weighted by Crippen LogP contribution is -2.24. The second-order valence-corrected chi connectivity index (χ2v) is 7.37. The number of aryl methyl sites for hydroxylation is 1. The first-order valence-electron chi connectivity index (χ1n) is 5.89. The van der Waals surface area contributed by atoms with Crippen molar-refractivity contribution in [2.24, 2.45) is 11.8 Å². The molecule has 5 nitrogen and oxygen atoms in total. The fourth-order valence-electron chi connectivity index (χ4n) is 1.48. The number of nitrogens with zero attached hydrogens (tertiary/aromatic N) is 2. The highest BCUT2D eigenvalue weighted by atomic mass is 35.7. The van der Waals surface area contributed by atoms with Gasteiger partial charge in [-0.25, -0.2) is 8.42 Å². The summed E-state index contributed by atoms with van der Waals surface area (Å²) in [6.45, 7) is 6.97. The summed E-state index contributed by atoms with van der Waals surface area (Å²) < 4.78 is 29.5. The lowest BCUT2D eigenvalue weighted by atomic mass is 9.99. The molecule has 18 heavy (non-hydrogen) atoms. The minimum absolute atomic E-state index is 0.0753. The highest BCUT2D eigenvalue weighted by Crippen LogP contribution is 2.18. The van der Waals surface area contributed by atoms with Gasteiger partial charge in [-0.1, -0.05) is 13.8 Å². The molecule has 0 N–H and O–H groups in total. The predicted molar refractivity (Wildman–Crippen MR) is 71.4 cm³/mol. The molecule has 1 rings (SSSR count). The zero-order valence-electron chi connectivity index (χ0n) is 10.8. The molecule has 0 aromatic carbocycles. The minimum atomic E-state index is -3.50. The molecule has 0 spiro atoms. The predicted octanol–water partition coefficient (Wildman–Crippen LogP) is 2.12. The van der Waals surface area contributed by atoms with E-state index in [2.05, 4.69) is 5.10 Å². The van der Waals surface area contributed by atoms with Gasteiger partial charge in [-0.2, -0.15) is 5.10 Å². The summed E-state index contributed by atoms with van der Waals surface area (Å²) in [6, 6.07) is 0. The maximum absolute atomic E-state index is 11.1. The number of hydrogen-bond donors (Lipinski definition) is 0. The van der Waals surface area contributed by atoms with Gasteiger partial charge in [-0.05, 0) is 12.8 Å². The van der Waals surface area contributed by atoms with Crippen LogP contribution in [0.15, 0.2) is 12.4 Å². The van der Waals surface area contributed by atoms with Crippen LogP contribution in [-0.2, 0) is 15.6 Å². The smallest absolute Gasteiger partial charge is 0.233 e. The lowest BCUT2D eigenvalue weighted by molar-refractivity contribution is 0.225. The zero-order valence-corrected chi connectivity index (χ0v) is 12.4. The molecule has 0 saturated carbocycles. The number of halogens is 1. The Morgan fingerprint density at radius 3 is 2.61 bits per heavy atom. The lowest BCUT2D eigenvalue weighted by Gasteiger charge is -2.19. The van der Waals surface area contributed by atoms with E-state index >= 15 is 0 Å². The van der Waals surface area contributed by atoms with E-state index in [9.17, 15) is 8.42 Å². The molecule has 0 amide bonds. The van der Waals surface area contributed by atoms with Crippen LogP contribution in [0.5, 0.6) is 5.75 Å². The Morgan fingerprint density at radius 2 is 2.17 bits per heavy atom. The first-order chi connectivity index (χ1) is 8.31.